The van der Waals surface area contributed by atoms with Gasteiger partial charge in [0.1, 0.15) is 5.01 Å². The van der Waals surface area contributed by atoms with Gasteiger partial charge in [0, 0.05) is 18.9 Å². The average molecular weight is 385 g/mol. The molecule has 1 amide bonds. The van der Waals surface area contributed by atoms with Crippen molar-refractivity contribution in [1.29, 1.82) is 0 Å². The van der Waals surface area contributed by atoms with E-state index in [-0.39, 0.29) is 11.5 Å². The molecular formula is C19H23N5O2S. The maximum absolute atomic E-state index is 12.4. The molecule has 1 aromatic carbocycles. The lowest BCUT2D eigenvalue weighted by Gasteiger charge is -2.06. The Bertz CT molecular complexity index is 979. The fourth-order valence-electron chi connectivity index (χ4n) is 2.71. The summed E-state index contributed by atoms with van der Waals surface area (Å²) < 4.78 is 1.64. The standard InChI is InChI=1S/C19H23N5O2S/c1-13(2)17-22-23-19(27-17)21-16(25)10-4-3-7-11-24-12-20-15-9-6-5-8-14(15)18(24)26/h5-6,8-9,12-13H,3-4,7,10-11H2,1-2H3,(H,21,23,25). The van der Waals surface area contributed by atoms with E-state index in [1.807, 2.05) is 32.0 Å². The number of carbonyl (C=O) groups is 1. The quantitative estimate of drug-likeness (QED) is 0.599. The molecule has 0 aliphatic carbocycles. The van der Waals surface area contributed by atoms with Crippen LogP contribution in [0.1, 0.15) is 50.5 Å². The second-order valence-electron chi connectivity index (χ2n) is 6.72. The van der Waals surface area contributed by atoms with Crippen LogP contribution in [-0.4, -0.2) is 25.7 Å². The number of hydrogen-bond acceptors (Lipinski definition) is 6. The predicted molar refractivity (Wildman–Crippen MR) is 107 cm³/mol. The van der Waals surface area contributed by atoms with Gasteiger partial charge in [0.05, 0.1) is 17.2 Å². The number of unbranched alkanes of at least 4 members (excludes halogenated alkanes) is 2. The molecule has 2 aromatic heterocycles. The van der Waals surface area contributed by atoms with Gasteiger partial charge in [0.15, 0.2) is 0 Å². The molecular weight excluding hydrogens is 362 g/mol. The second kappa shape index (κ2) is 8.85. The molecule has 3 rings (SSSR count). The van der Waals surface area contributed by atoms with Crippen molar-refractivity contribution in [2.75, 3.05) is 5.32 Å². The third kappa shape index (κ3) is 4.97. The van der Waals surface area contributed by atoms with Crippen molar-refractivity contribution in [1.82, 2.24) is 19.7 Å². The minimum absolute atomic E-state index is 0.0180. The fraction of sp³-hybridized carbons (Fsp3) is 0.421. The molecule has 1 N–H and O–H groups in total. The monoisotopic (exact) mass is 385 g/mol. The van der Waals surface area contributed by atoms with Gasteiger partial charge < -0.3 is 5.32 Å². The zero-order valence-electron chi connectivity index (χ0n) is 15.5. The summed E-state index contributed by atoms with van der Waals surface area (Å²) in [5.74, 6) is 0.257. The van der Waals surface area contributed by atoms with E-state index in [9.17, 15) is 9.59 Å². The van der Waals surface area contributed by atoms with Crippen molar-refractivity contribution in [3.8, 4) is 0 Å². The predicted octanol–water partition coefficient (Wildman–Crippen LogP) is 3.57. The summed E-state index contributed by atoms with van der Waals surface area (Å²) >= 11 is 1.41. The smallest absolute Gasteiger partial charge is 0.261 e. The number of benzene rings is 1. The van der Waals surface area contributed by atoms with Crippen LogP contribution in [-0.2, 0) is 11.3 Å². The van der Waals surface area contributed by atoms with Gasteiger partial charge in [-0.1, -0.05) is 43.7 Å². The maximum atomic E-state index is 12.4. The molecule has 0 unspecified atom stereocenters. The Kier molecular flexibility index (Phi) is 6.28. The summed E-state index contributed by atoms with van der Waals surface area (Å²) in [5.41, 5.74) is 0.697. The van der Waals surface area contributed by atoms with Gasteiger partial charge in [0.2, 0.25) is 11.0 Å². The van der Waals surface area contributed by atoms with Gasteiger partial charge in [0.25, 0.3) is 5.56 Å². The Morgan fingerprint density at radius 3 is 2.78 bits per heavy atom. The summed E-state index contributed by atoms with van der Waals surface area (Å²) in [6, 6.07) is 7.34. The van der Waals surface area contributed by atoms with Gasteiger partial charge in [-0.2, -0.15) is 0 Å². The van der Waals surface area contributed by atoms with Crippen LogP contribution < -0.4 is 10.9 Å². The number of rotatable bonds is 8. The van der Waals surface area contributed by atoms with Crippen LogP contribution in [0.25, 0.3) is 10.9 Å². The fourth-order valence-corrected chi connectivity index (χ4v) is 3.47. The first-order valence-electron chi connectivity index (χ1n) is 9.12. The Morgan fingerprint density at radius 2 is 2.00 bits per heavy atom. The number of hydrogen-bond donors (Lipinski definition) is 1. The zero-order valence-corrected chi connectivity index (χ0v) is 16.3. The molecule has 8 heteroatoms. The lowest BCUT2D eigenvalue weighted by molar-refractivity contribution is -0.116. The van der Waals surface area contributed by atoms with Gasteiger partial charge >= 0.3 is 0 Å². The van der Waals surface area contributed by atoms with Gasteiger partial charge in [-0.05, 0) is 25.0 Å². The molecule has 27 heavy (non-hydrogen) atoms. The van der Waals surface area contributed by atoms with Crippen LogP contribution in [0.2, 0.25) is 0 Å². The van der Waals surface area contributed by atoms with E-state index in [0.29, 0.717) is 34.9 Å². The normalized spacial score (nSPS) is 11.2. The molecule has 0 fully saturated rings. The lowest BCUT2D eigenvalue weighted by atomic mass is 10.2. The molecule has 142 valence electrons. The number of fused-ring (bicyclic) bond motifs is 1. The van der Waals surface area contributed by atoms with Gasteiger partial charge in [-0.3, -0.25) is 14.2 Å². The lowest BCUT2D eigenvalue weighted by Crippen LogP contribution is -2.20. The molecule has 0 atom stereocenters. The Balaban J connectivity index is 1.42. The summed E-state index contributed by atoms with van der Waals surface area (Å²) in [4.78, 5) is 28.7. The molecule has 0 radical (unpaired) electrons. The van der Waals surface area contributed by atoms with Crippen LogP contribution in [0.3, 0.4) is 0 Å². The minimum atomic E-state index is -0.0500. The van der Waals surface area contributed by atoms with E-state index in [4.69, 9.17) is 0 Å². The van der Waals surface area contributed by atoms with Crippen molar-refractivity contribution >= 4 is 33.3 Å². The van der Waals surface area contributed by atoms with Crippen LogP contribution in [0.4, 0.5) is 5.13 Å². The summed E-state index contributed by atoms with van der Waals surface area (Å²) in [6.45, 7) is 4.69. The van der Waals surface area contributed by atoms with Crippen molar-refractivity contribution in [2.24, 2.45) is 0 Å². The molecule has 0 spiro atoms. The molecule has 7 nitrogen and oxygen atoms in total. The number of anilines is 1. The average Bonchev–Trinajstić information content (AvgIpc) is 3.12. The molecule has 0 aliphatic rings. The van der Waals surface area contributed by atoms with Crippen molar-refractivity contribution in [2.45, 2.75) is 52.0 Å². The van der Waals surface area contributed by atoms with E-state index in [2.05, 4.69) is 20.5 Å². The molecule has 0 bridgehead atoms. The maximum Gasteiger partial charge on any atom is 0.261 e. The Hall–Kier alpha value is -2.61. The van der Waals surface area contributed by atoms with E-state index in [1.54, 1.807) is 17.0 Å². The molecule has 0 saturated carbocycles. The van der Waals surface area contributed by atoms with Gasteiger partial charge in [-0.15, -0.1) is 10.2 Å². The first kappa shape index (κ1) is 19.2. The van der Waals surface area contributed by atoms with Crippen LogP contribution in [0, 0.1) is 0 Å². The molecule has 0 aliphatic heterocycles. The highest BCUT2D eigenvalue weighted by molar-refractivity contribution is 7.15. The Morgan fingerprint density at radius 1 is 1.19 bits per heavy atom. The number of para-hydroxylation sites is 1. The topological polar surface area (TPSA) is 89.8 Å². The van der Waals surface area contributed by atoms with Crippen LogP contribution >= 0.6 is 11.3 Å². The van der Waals surface area contributed by atoms with Crippen molar-refractivity contribution in [3.63, 3.8) is 0 Å². The van der Waals surface area contributed by atoms with E-state index >= 15 is 0 Å². The first-order chi connectivity index (χ1) is 13.0. The summed E-state index contributed by atoms with van der Waals surface area (Å²) in [7, 11) is 0. The highest BCUT2D eigenvalue weighted by Crippen LogP contribution is 2.22. The van der Waals surface area contributed by atoms with E-state index in [1.165, 1.54) is 11.3 Å². The number of nitrogens with zero attached hydrogens (tertiary/aromatic N) is 4. The molecule has 2 heterocycles. The SMILES string of the molecule is CC(C)c1nnc(NC(=O)CCCCCn2cnc3ccccc3c2=O)s1. The number of aromatic nitrogens is 4. The van der Waals surface area contributed by atoms with Crippen LogP contribution in [0.15, 0.2) is 35.4 Å². The zero-order chi connectivity index (χ0) is 19.2. The number of nitrogens with one attached hydrogen (secondary N) is 1. The largest absolute Gasteiger partial charge is 0.301 e. The molecule has 0 saturated heterocycles. The van der Waals surface area contributed by atoms with Crippen molar-refractivity contribution < 1.29 is 4.79 Å². The third-order valence-corrected chi connectivity index (χ3v) is 5.35. The van der Waals surface area contributed by atoms with E-state index < -0.39 is 0 Å². The molecule has 3 aromatic rings. The number of carbonyl (C=O) groups excluding carboxylic acids is 1. The minimum Gasteiger partial charge on any atom is -0.301 e. The number of aryl methyl sites for hydroxylation is 1. The van der Waals surface area contributed by atoms with Crippen LogP contribution in [0.5, 0.6) is 0 Å². The van der Waals surface area contributed by atoms with Gasteiger partial charge in [-0.25, -0.2) is 4.98 Å². The summed E-state index contributed by atoms with van der Waals surface area (Å²) in [5, 5.41) is 12.9. The summed E-state index contributed by atoms with van der Waals surface area (Å²) in [6.07, 6.45) is 4.47. The van der Waals surface area contributed by atoms with Crippen molar-refractivity contribution in [3.05, 3.63) is 46.0 Å². The third-order valence-electron chi connectivity index (χ3n) is 4.22. The Labute approximate surface area is 161 Å². The van der Waals surface area contributed by atoms with E-state index in [0.717, 1.165) is 24.3 Å². The highest BCUT2D eigenvalue weighted by Gasteiger charge is 2.10. The highest BCUT2D eigenvalue weighted by atomic mass is 32.1. The number of amides is 1. The first-order valence-corrected chi connectivity index (χ1v) is 9.93. The second-order valence-corrected chi connectivity index (χ2v) is 7.73.